The van der Waals surface area contributed by atoms with E-state index in [4.69, 9.17) is 27.9 Å². The van der Waals surface area contributed by atoms with Crippen molar-refractivity contribution in [1.29, 1.82) is 0 Å². The van der Waals surface area contributed by atoms with Gasteiger partial charge in [0.05, 0.1) is 24.6 Å². The third kappa shape index (κ3) is 2.27. The molecule has 1 saturated heterocycles. The summed E-state index contributed by atoms with van der Waals surface area (Å²) in [5.41, 5.74) is -0.0226. The highest BCUT2D eigenvalue weighted by Gasteiger charge is 2.16. The summed E-state index contributed by atoms with van der Waals surface area (Å²) in [7, 11) is 0. The topological polar surface area (TPSA) is 12.5 Å². The average molecular weight is 184 g/mol. The molecule has 1 atom stereocenters. The van der Waals surface area contributed by atoms with Crippen LogP contribution in [0.25, 0.3) is 0 Å². The molecule has 1 fully saturated rings. The van der Waals surface area contributed by atoms with Gasteiger partial charge in [-0.15, -0.1) is 23.2 Å². The number of ether oxygens (including phenoxy) is 1. The molecule has 60 valence electrons. The van der Waals surface area contributed by atoms with Gasteiger partial charge >= 0.3 is 0 Å². The van der Waals surface area contributed by atoms with Gasteiger partial charge in [-0.05, 0) is 0 Å². The fraction of sp³-hybridized carbons (Fsp3) is 1.00. The highest BCUT2D eigenvalue weighted by atomic mass is 35.5. The molecule has 0 aliphatic carbocycles. The van der Waals surface area contributed by atoms with Crippen molar-refractivity contribution < 1.29 is 4.74 Å². The molecular formula is C6H11Cl2NO. The molecule has 1 aliphatic heterocycles. The van der Waals surface area contributed by atoms with E-state index in [0.29, 0.717) is 5.88 Å². The van der Waals surface area contributed by atoms with Gasteiger partial charge in [0, 0.05) is 13.1 Å². The van der Waals surface area contributed by atoms with Crippen LogP contribution in [-0.4, -0.2) is 42.6 Å². The number of hydrogen-bond donors (Lipinski definition) is 0. The zero-order chi connectivity index (χ0) is 7.40. The molecule has 0 aromatic heterocycles. The molecule has 1 aliphatic rings. The Morgan fingerprint density at radius 1 is 1.40 bits per heavy atom. The normalized spacial score (nSPS) is 24.6. The van der Waals surface area contributed by atoms with Crippen LogP contribution in [0.15, 0.2) is 0 Å². The molecule has 0 bridgehead atoms. The summed E-state index contributed by atoms with van der Waals surface area (Å²) in [5, 5.41) is 0. The lowest BCUT2D eigenvalue weighted by Crippen LogP contribution is -2.41. The maximum absolute atomic E-state index is 5.88. The Labute approximate surface area is 71.0 Å². The average Bonchev–Trinajstić information content (AvgIpc) is 2.05. The minimum absolute atomic E-state index is 0.0226. The first-order valence-corrected chi connectivity index (χ1v) is 4.33. The third-order valence-corrected chi connectivity index (χ3v) is 2.45. The Kier molecular flexibility index (Phi) is 3.78. The summed E-state index contributed by atoms with van der Waals surface area (Å²) in [6.45, 7) is 3.36. The summed E-state index contributed by atoms with van der Waals surface area (Å²) in [4.78, 5) is 2.12. The van der Waals surface area contributed by atoms with Gasteiger partial charge in [-0.25, -0.2) is 0 Å². The van der Waals surface area contributed by atoms with Crippen molar-refractivity contribution >= 4 is 23.2 Å². The maximum atomic E-state index is 5.88. The molecule has 0 saturated carbocycles. The van der Waals surface area contributed by atoms with Crippen molar-refractivity contribution in [2.45, 2.75) is 5.50 Å². The van der Waals surface area contributed by atoms with Crippen molar-refractivity contribution in [2.75, 3.05) is 32.2 Å². The smallest absolute Gasteiger partial charge is 0.0988 e. The third-order valence-electron chi connectivity index (χ3n) is 1.57. The quantitative estimate of drug-likeness (QED) is 0.471. The summed E-state index contributed by atoms with van der Waals surface area (Å²) in [6.07, 6.45) is 0. The van der Waals surface area contributed by atoms with Gasteiger partial charge < -0.3 is 4.74 Å². The zero-order valence-electron chi connectivity index (χ0n) is 5.72. The van der Waals surface area contributed by atoms with Gasteiger partial charge in [0.15, 0.2) is 0 Å². The molecule has 0 aromatic rings. The first-order chi connectivity index (χ1) is 4.84. The van der Waals surface area contributed by atoms with Crippen LogP contribution in [0.4, 0.5) is 0 Å². The number of halogens is 2. The predicted molar refractivity (Wildman–Crippen MR) is 42.8 cm³/mol. The predicted octanol–water partition coefficient (Wildman–Crippen LogP) is 1.12. The summed E-state index contributed by atoms with van der Waals surface area (Å²) in [5.74, 6) is 0.488. The van der Waals surface area contributed by atoms with E-state index < -0.39 is 0 Å². The Bertz CT molecular complexity index is 95.7. The van der Waals surface area contributed by atoms with Gasteiger partial charge in [0.2, 0.25) is 0 Å². The molecular weight excluding hydrogens is 173 g/mol. The molecule has 0 aromatic carbocycles. The van der Waals surface area contributed by atoms with Crippen LogP contribution in [0.5, 0.6) is 0 Å². The lowest BCUT2D eigenvalue weighted by atomic mass is 10.4. The number of rotatable bonds is 2. The van der Waals surface area contributed by atoms with Gasteiger partial charge in [-0.1, -0.05) is 0 Å². The number of hydrogen-bond acceptors (Lipinski definition) is 2. The van der Waals surface area contributed by atoms with Gasteiger partial charge in [0.25, 0.3) is 0 Å². The molecule has 0 radical (unpaired) electrons. The monoisotopic (exact) mass is 183 g/mol. The highest BCUT2D eigenvalue weighted by Crippen LogP contribution is 2.08. The zero-order valence-corrected chi connectivity index (χ0v) is 7.24. The first kappa shape index (κ1) is 8.60. The van der Waals surface area contributed by atoms with E-state index in [2.05, 4.69) is 4.90 Å². The molecule has 0 N–H and O–H groups in total. The molecule has 10 heavy (non-hydrogen) atoms. The molecule has 2 nitrogen and oxygen atoms in total. The highest BCUT2D eigenvalue weighted by molar-refractivity contribution is 6.27. The van der Waals surface area contributed by atoms with Gasteiger partial charge in [-0.2, -0.15) is 0 Å². The lowest BCUT2D eigenvalue weighted by molar-refractivity contribution is 0.0344. The number of nitrogens with zero attached hydrogens (tertiary/aromatic N) is 1. The largest absolute Gasteiger partial charge is 0.379 e. The van der Waals surface area contributed by atoms with Crippen LogP contribution in [-0.2, 0) is 4.74 Å². The van der Waals surface area contributed by atoms with E-state index in [1.165, 1.54) is 0 Å². The fourth-order valence-electron chi connectivity index (χ4n) is 0.955. The second kappa shape index (κ2) is 4.39. The lowest BCUT2D eigenvalue weighted by Gasteiger charge is -2.29. The van der Waals surface area contributed by atoms with Crippen molar-refractivity contribution in [3.63, 3.8) is 0 Å². The van der Waals surface area contributed by atoms with E-state index >= 15 is 0 Å². The molecule has 1 unspecified atom stereocenters. The Balaban J connectivity index is 2.24. The van der Waals surface area contributed by atoms with Gasteiger partial charge in [-0.3, -0.25) is 4.90 Å². The van der Waals surface area contributed by atoms with Crippen molar-refractivity contribution in [1.82, 2.24) is 4.90 Å². The second-order valence-corrected chi connectivity index (χ2v) is 3.05. The van der Waals surface area contributed by atoms with Crippen LogP contribution in [0.2, 0.25) is 0 Å². The van der Waals surface area contributed by atoms with E-state index in [1.807, 2.05) is 0 Å². The van der Waals surface area contributed by atoms with Crippen LogP contribution in [0.3, 0.4) is 0 Å². The second-order valence-electron chi connectivity index (χ2n) is 2.24. The van der Waals surface area contributed by atoms with E-state index in [1.54, 1.807) is 0 Å². The Hall–Kier alpha value is 0.500. The summed E-state index contributed by atoms with van der Waals surface area (Å²) >= 11 is 11.5. The van der Waals surface area contributed by atoms with Gasteiger partial charge in [0.1, 0.15) is 0 Å². The fourth-order valence-corrected chi connectivity index (χ4v) is 1.35. The molecule has 0 amide bonds. The Morgan fingerprint density at radius 3 is 2.50 bits per heavy atom. The van der Waals surface area contributed by atoms with E-state index in [0.717, 1.165) is 26.3 Å². The van der Waals surface area contributed by atoms with Crippen LogP contribution in [0.1, 0.15) is 0 Å². The standard InChI is InChI=1S/C6H11Cl2NO/c7-5-6(8)9-1-3-10-4-2-9/h6H,1-5H2. The van der Waals surface area contributed by atoms with E-state index in [-0.39, 0.29) is 5.50 Å². The van der Waals surface area contributed by atoms with Crippen LogP contribution < -0.4 is 0 Å². The minimum atomic E-state index is -0.0226. The van der Waals surface area contributed by atoms with Crippen molar-refractivity contribution in [3.8, 4) is 0 Å². The summed E-state index contributed by atoms with van der Waals surface area (Å²) in [6, 6.07) is 0. The SMILES string of the molecule is ClCC(Cl)N1CCOCC1. The minimum Gasteiger partial charge on any atom is -0.379 e. The Morgan fingerprint density at radius 2 is 2.00 bits per heavy atom. The summed E-state index contributed by atoms with van der Waals surface area (Å²) < 4.78 is 5.15. The van der Waals surface area contributed by atoms with Crippen molar-refractivity contribution in [3.05, 3.63) is 0 Å². The molecule has 1 rings (SSSR count). The van der Waals surface area contributed by atoms with Crippen LogP contribution in [0, 0.1) is 0 Å². The molecule has 1 heterocycles. The number of alkyl halides is 2. The first-order valence-electron chi connectivity index (χ1n) is 3.36. The molecule has 0 spiro atoms. The maximum Gasteiger partial charge on any atom is 0.0988 e. The van der Waals surface area contributed by atoms with Crippen molar-refractivity contribution in [2.24, 2.45) is 0 Å². The molecule has 4 heteroatoms. The number of morpholine rings is 1. The van der Waals surface area contributed by atoms with Crippen LogP contribution >= 0.6 is 23.2 Å². The van der Waals surface area contributed by atoms with E-state index in [9.17, 15) is 0 Å².